The molecule has 3 rings (SSSR count). The first-order valence-corrected chi connectivity index (χ1v) is 7.18. The normalized spacial score (nSPS) is 21.9. The summed E-state index contributed by atoms with van der Waals surface area (Å²) in [6.07, 6.45) is 6.74. The maximum atomic E-state index is 11.1. The molecule has 1 heterocycles. The van der Waals surface area contributed by atoms with Crippen LogP contribution in [0.4, 0.5) is 5.69 Å². The third kappa shape index (κ3) is 3.21. The molecule has 2 unspecified atom stereocenters. The summed E-state index contributed by atoms with van der Waals surface area (Å²) in [5, 5.41) is 20.7. The summed E-state index contributed by atoms with van der Waals surface area (Å²) >= 11 is 0. The fourth-order valence-electron chi connectivity index (χ4n) is 2.82. The van der Waals surface area contributed by atoms with Crippen molar-refractivity contribution in [3.8, 4) is 5.69 Å². The Bertz CT molecular complexity index is 595. The molecule has 0 bridgehead atoms. The second-order valence-electron chi connectivity index (χ2n) is 5.41. The van der Waals surface area contributed by atoms with Gasteiger partial charge in [0.2, 0.25) is 0 Å². The van der Waals surface area contributed by atoms with E-state index in [0.29, 0.717) is 6.42 Å². The highest BCUT2D eigenvalue weighted by Crippen LogP contribution is 2.27. The van der Waals surface area contributed by atoms with E-state index < -0.39 is 5.97 Å². The van der Waals surface area contributed by atoms with Crippen LogP contribution in [-0.4, -0.2) is 32.1 Å². The number of nitrogens with one attached hydrogen (secondary N) is 1. The molecule has 2 aromatic rings. The molecule has 6 heteroatoms. The fraction of sp³-hybridized carbons (Fsp3) is 0.400. The summed E-state index contributed by atoms with van der Waals surface area (Å²) in [6.45, 7) is 0. The smallest absolute Gasteiger partial charge is 0.306 e. The SMILES string of the molecule is O=C(O)C1CCCC(Nc2ccc(-n3nccn3)cc2)C1. The predicted molar refractivity (Wildman–Crippen MR) is 78.4 cm³/mol. The third-order valence-corrected chi connectivity index (χ3v) is 3.91. The van der Waals surface area contributed by atoms with E-state index in [1.165, 1.54) is 0 Å². The minimum Gasteiger partial charge on any atom is -0.481 e. The van der Waals surface area contributed by atoms with E-state index in [1.807, 2.05) is 24.3 Å². The molecule has 0 amide bonds. The van der Waals surface area contributed by atoms with Crippen LogP contribution in [0.5, 0.6) is 0 Å². The lowest BCUT2D eigenvalue weighted by molar-refractivity contribution is -0.142. The number of nitrogens with zero attached hydrogens (tertiary/aromatic N) is 3. The lowest BCUT2D eigenvalue weighted by Gasteiger charge is -2.28. The maximum absolute atomic E-state index is 11.1. The van der Waals surface area contributed by atoms with Gasteiger partial charge in [-0.05, 0) is 43.5 Å². The predicted octanol–water partition coefficient (Wildman–Crippen LogP) is 2.32. The average molecular weight is 286 g/mol. The highest BCUT2D eigenvalue weighted by atomic mass is 16.4. The second-order valence-corrected chi connectivity index (χ2v) is 5.41. The molecule has 2 atom stereocenters. The molecule has 110 valence electrons. The van der Waals surface area contributed by atoms with E-state index in [2.05, 4.69) is 15.5 Å². The van der Waals surface area contributed by atoms with Crippen molar-refractivity contribution in [2.75, 3.05) is 5.32 Å². The van der Waals surface area contributed by atoms with Crippen LogP contribution in [0.15, 0.2) is 36.7 Å². The van der Waals surface area contributed by atoms with Crippen molar-refractivity contribution < 1.29 is 9.90 Å². The number of benzene rings is 1. The van der Waals surface area contributed by atoms with Crippen molar-refractivity contribution in [3.05, 3.63) is 36.7 Å². The molecule has 2 N–H and O–H groups in total. The van der Waals surface area contributed by atoms with Gasteiger partial charge in [0.15, 0.2) is 0 Å². The van der Waals surface area contributed by atoms with Gasteiger partial charge in [-0.25, -0.2) is 0 Å². The Balaban J connectivity index is 1.64. The Hall–Kier alpha value is -2.37. The van der Waals surface area contributed by atoms with Gasteiger partial charge in [-0.2, -0.15) is 15.0 Å². The van der Waals surface area contributed by atoms with Gasteiger partial charge in [0.25, 0.3) is 0 Å². The van der Waals surface area contributed by atoms with Crippen molar-refractivity contribution in [3.63, 3.8) is 0 Å². The fourth-order valence-corrected chi connectivity index (χ4v) is 2.82. The number of aromatic nitrogens is 3. The minimum absolute atomic E-state index is 0.219. The molecular formula is C15H18N4O2. The molecule has 1 fully saturated rings. The first-order chi connectivity index (χ1) is 10.2. The topological polar surface area (TPSA) is 80.0 Å². The lowest BCUT2D eigenvalue weighted by atomic mass is 9.85. The Morgan fingerprint density at radius 2 is 1.90 bits per heavy atom. The van der Waals surface area contributed by atoms with Crippen molar-refractivity contribution in [2.45, 2.75) is 31.7 Å². The van der Waals surface area contributed by atoms with Gasteiger partial charge in [-0.1, -0.05) is 6.42 Å². The number of carbonyl (C=O) groups is 1. The van der Waals surface area contributed by atoms with Gasteiger partial charge < -0.3 is 10.4 Å². The van der Waals surface area contributed by atoms with Crippen molar-refractivity contribution in [1.29, 1.82) is 0 Å². The number of rotatable bonds is 4. The Labute approximate surface area is 122 Å². The third-order valence-electron chi connectivity index (χ3n) is 3.91. The van der Waals surface area contributed by atoms with E-state index in [0.717, 1.165) is 30.6 Å². The number of hydrogen-bond acceptors (Lipinski definition) is 4. The molecule has 1 aromatic carbocycles. The molecule has 1 aliphatic rings. The average Bonchev–Trinajstić information content (AvgIpc) is 3.02. The zero-order valence-corrected chi connectivity index (χ0v) is 11.6. The first kappa shape index (κ1) is 13.6. The standard InChI is InChI=1S/C15H18N4O2/c20-15(21)11-2-1-3-13(10-11)18-12-4-6-14(7-5-12)19-16-8-9-17-19/h4-9,11,13,18H,1-3,10H2,(H,20,21). The van der Waals surface area contributed by atoms with E-state index in [4.69, 9.17) is 5.11 Å². The lowest BCUT2D eigenvalue weighted by Crippen LogP contribution is -2.30. The van der Waals surface area contributed by atoms with Gasteiger partial charge in [-0.15, -0.1) is 0 Å². The molecule has 1 aromatic heterocycles. The van der Waals surface area contributed by atoms with E-state index in [1.54, 1.807) is 17.2 Å². The Morgan fingerprint density at radius 3 is 2.57 bits per heavy atom. The van der Waals surface area contributed by atoms with Crippen LogP contribution in [0.1, 0.15) is 25.7 Å². The van der Waals surface area contributed by atoms with Crippen LogP contribution >= 0.6 is 0 Å². The molecule has 0 saturated heterocycles. The summed E-state index contributed by atoms with van der Waals surface area (Å²) < 4.78 is 0. The quantitative estimate of drug-likeness (QED) is 0.901. The molecule has 1 aliphatic carbocycles. The summed E-state index contributed by atoms with van der Waals surface area (Å²) in [4.78, 5) is 12.6. The molecular weight excluding hydrogens is 268 g/mol. The first-order valence-electron chi connectivity index (χ1n) is 7.18. The van der Waals surface area contributed by atoms with Crippen LogP contribution in [-0.2, 0) is 4.79 Å². The van der Waals surface area contributed by atoms with E-state index in [9.17, 15) is 4.79 Å². The monoisotopic (exact) mass is 286 g/mol. The van der Waals surface area contributed by atoms with Gasteiger partial charge in [-0.3, -0.25) is 4.79 Å². The molecule has 0 radical (unpaired) electrons. The number of carboxylic acids is 1. The van der Waals surface area contributed by atoms with Gasteiger partial charge in [0, 0.05) is 11.7 Å². The van der Waals surface area contributed by atoms with Gasteiger partial charge in [0.1, 0.15) is 0 Å². The maximum Gasteiger partial charge on any atom is 0.306 e. The summed E-state index contributed by atoms with van der Waals surface area (Å²) in [7, 11) is 0. The van der Waals surface area contributed by atoms with Gasteiger partial charge in [0.05, 0.1) is 24.0 Å². The van der Waals surface area contributed by atoms with E-state index in [-0.39, 0.29) is 12.0 Å². The van der Waals surface area contributed by atoms with Crippen LogP contribution in [0.25, 0.3) is 5.69 Å². The van der Waals surface area contributed by atoms with Crippen molar-refractivity contribution >= 4 is 11.7 Å². The molecule has 21 heavy (non-hydrogen) atoms. The molecule has 0 spiro atoms. The van der Waals surface area contributed by atoms with Crippen LogP contribution in [0.2, 0.25) is 0 Å². The number of hydrogen-bond donors (Lipinski definition) is 2. The number of anilines is 1. The van der Waals surface area contributed by atoms with Crippen molar-refractivity contribution in [1.82, 2.24) is 15.0 Å². The van der Waals surface area contributed by atoms with Crippen molar-refractivity contribution in [2.24, 2.45) is 5.92 Å². The number of carboxylic acid groups (broad SMARTS) is 1. The van der Waals surface area contributed by atoms with Gasteiger partial charge >= 0.3 is 5.97 Å². The highest BCUT2D eigenvalue weighted by molar-refractivity contribution is 5.70. The molecule has 1 saturated carbocycles. The van der Waals surface area contributed by atoms with E-state index >= 15 is 0 Å². The number of aliphatic carboxylic acids is 1. The summed E-state index contributed by atoms with van der Waals surface area (Å²) in [5.74, 6) is -0.898. The van der Waals surface area contributed by atoms with Crippen LogP contribution < -0.4 is 5.32 Å². The second kappa shape index (κ2) is 5.95. The summed E-state index contributed by atoms with van der Waals surface area (Å²) in [6, 6.07) is 8.07. The zero-order chi connectivity index (χ0) is 14.7. The summed E-state index contributed by atoms with van der Waals surface area (Å²) in [5.41, 5.74) is 1.90. The van der Waals surface area contributed by atoms with Crippen LogP contribution in [0.3, 0.4) is 0 Å². The van der Waals surface area contributed by atoms with Crippen LogP contribution in [0, 0.1) is 5.92 Å². The largest absolute Gasteiger partial charge is 0.481 e. The Kier molecular flexibility index (Phi) is 3.85. The zero-order valence-electron chi connectivity index (χ0n) is 11.6. The Morgan fingerprint density at radius 1 is 1.19 bits per heavy atom. The molecule has 0 aliphatic heterocycles. The molecule has 6 nitrogen and oxygen atoms in total. The highest BCUT2D eigenvalue weighted by Gasteiger charge is 2.26. The minimum atomic E-state index is -0.679.